The van der Waals surface area contributed by atoms with Crippen LogP contribution in [0.3, 0.4) is 0 Å². The molecule has 5 nitrogen and oxygen atoms in total. The van der Waals surface area contributed by atoms with Crippen LogP contribution in [-0.2, 0) is 11.2 Å². The van der Waals surface area contributed by atoms with Crippen molar-refractivity contribution in [1.29, 1.82) is 0 Å². The van der Waals surface area contributed by atoms with Crippen molar-refractivity contribution in [3.8, 4) is 0 Å². The van der Waals surface area contributed by atoms with E-state index in [0.717, 1.165) is 22.2 Å². The second-order valence-electron chi connectivity index (χ2n) is 7.53. The topological polar surface area (TPSA) is 52.7 Å². The van der Waals surface area contributed by atoms with Crippen molar-refractivity contribution in [2.45, 2.75) is 20.3 Å². The van der Waals surface area contributed by atoms with Crippen molar-refractivity contribution >= 4 is 39.0 Å². The maximum Gasteiger partial charge on any atom is 0.321 e. The average molecular weight is 408 g/mol. The maximum absolute atomic E-state index is 12.8. The Hall–Kier alpha value is -2.86. The van der Waals surface area contributed by atoms with Gasteiger partial charge in [-0.15, -0.1) is 11.3 Å². The highest BCUT2D eigenvalue weighted by Gasteiger charge is 2.24. The van der Waals surface area contributed by atoms with Crippen LogP contribution in [0.4, 0.5) is 10.5 Å². The van der Waals surface area contributed by atoms with E-state index in [-0.39, 0.29) is 11.9 Å². The van der Waals surface area contributed by atoms with Gasteiger partial charge in [0, 0.05) is 36.6 Å². The molecule has 0 atom stereocenters. The van der Waals surface area contributed by atoms with Crippen molar-refractivity contribution in [3.05, 3.63) is 64.5 Å². The predicted octanol–water partition coefficient (Wildman–Crippen LogP) is 4.44. The summed E-state index contributed by atoms with van der Waals surface area (Å²) in [6.45, 7) is 6.32. The minimum absolute atomic E-state index is 0.107. The number of benzene rings is 2. The molecule has 0 spiro atoms. The number of hydrogen-bond donors (Lipinski definition) is 1. The molecule has 150 valence electrons. The smallest absolute Gasteiger partial charge is 0.321 e. The van der Waals surface area contributed by atoms with Crippen LogP contribution in [0, 0.1) is 13.8 Å². The molecule has 1 fully saturated rings. The summed E-state index contributed by atoms with van der Waals surface area (Å²) in [6, 6.07) is 14.0. The van der Waals surface area contributed by atoms with Crippen molar-refractivity contribution < 1.29 is 9.59 Å². The van der Waals surface area contributed by atoms with E-state index in [1.807, 2.05) is 42.2 Å². The first-order chi connectivity index (χ1) is 14.0. The van der Waals surface area contributed by atoms with Gasteiger partial charge in [-0.3, -0.25) is 4.79 Å². The van der Waals surface area contributed by atoms with Crippen molar-refractivity contribution in [1.82, 2.24) is 9.80 Å². The molecule has 2 heterocycles. The van der Waals surface area contributed by atoms with Gasteiger partial charge in [-0.1, -0.05) is 24.3 Å². The van der Waals surface area contributed by atoms with Crippen LogP contribution < -0.4 is 5.32 Å². The van der Waals surface area contributed by atoms with Gasteiger partial charge in [0.25, 0.3) is 0 Å². The molecule has 1 aliphatic heterocycles. The third kappa shape index (κ3) is 4.27. The number of urea groups is 1. The predicted molar refractivity (Wildman–Crippen MR) is 119 cm³/mol. The first-order valence-corrected chi connectivity index (χ1v) is 10.8. The number of thiophene rings is 1. The lowest BCUT2D eigenvalue weighted by Gasteiger charge is -2.34. The van der Waals surface area contributed by atoms with Crippen LogP contribution in [0.15, 0.2) is 47.8 Å². The molecule has 2 aromatic carbocycles. The van der Waals surface area contributed by atoms with Gasteiger partial charge in [-0.05, 0) is 59.5 Å². The SMILES string of the molecule is Cc1ccc(NC(=O)N2CCN(C(=O)Cc3csc4ccccc34)CC2)cc1C. The van der Waals surface area contributed by atoms with Gasteiger partial charge in [-0.2, -0.15) is 0 Å². The zero-order valence-electron chi connectivity index (χ0n) is 16.8. The van der Waals surface area contributed by atoms with Crippen LogP contribution in [0.5, 0.6) is 0 Å². The number of carbonyl (C=O) groups is 2. The number of anilines is 1. The Labute approximate surface area is 174 Å². The zero-order valence-corrected chi connectivity index (χ0v) is 17.6. The van der Waals surface area contributed by atoms with E-state index in [2.05, 4.69) is 29.8 Å². The van der Waals surface area contributed by atoms with Gasteiger partial charge in [0.05, 0.1) is 6.42 Å². The standard InChI is InChI=1S/C23H25N3O2S/c1-16-7-8-19(13-17(16)2)24-23(28)26-11-9-25(10-12-26)22(27)14-18-15-29-21-6-4-3-5-20(18)21/h3-8,13,15H,9-12,14H2,1-2H3,(H,24,28). The lowest BCUT2D eigenvalue weighted by atomic mass is 10.1. The summed E-state index contributed by atoms with van der Waals surface area (Å²) in [4.78, 5) is 29.0. The molecule has 3 aromatic rings. The number of rotatable bonds is 3. The van der Waals surface area contributed by atoms with Crippen LogP contribution >= 0.6 is 11.3 Å². The minimum atomic E-state index is -0.107. The second kappa shape index (κ2) is 8.25. The molecule has 4 rings (SSSR count). The monoisotopic (exact) mass is 407 g/mol. The Morgan fingerprint density at radius 2 is 1.69 bits per heavy atom. The molecule has 1 aromatic heterocycles. The van der Waals surface area contributed by atoms with Crippen LogP contribution in [0.25, 0.3) is 10.1 Å². The van der Waals surface area contributed by atoms with Gasteiger partial charge in [0.15, 0.2) is 0 Å². The summed E-state index contributed by atoms with van der Waals surface area (Å²) >= 11 is 1.68. The van der Waals surface area contributed by atoms with Crippen LogP contribution in [0.1, 0.15) is 16.7 Å². The highest BCUT2D eigenvalue weighted by atomic mass is 32.1. The maximum atomic E-state index is 12.8. The fraction of sp³-hybridized carbons (Fsp3) is 0.304. The molecule has 3 amide bonds. The van der Waals surface area contributed by atoms with Gasteiger partial charge in [0.1, 0.15) is 0 Å². The third-order valence-electron chi connectivity index (χ3n) is 5.58. The van der Waals surface area contributed by atoms with E-state index in [9.17, 15) is 9.59 Å². The van der Waals surface area contributed by atoms with Crippen LogP contribution in [0.2, 0.25) is 0 Å². The molecule has 29 heavy (non-hydrogen) atoms. The van der Waals surface area contributed by atoms with Crippen molar-refractivity contribution in [2.24, 2.45) is 0 Å². The normalized spacial score (nSPS) is 14.3. The van der Waals surface area contributed by atoms with Gasteiger partial charge in [-0.25, -0.2) is 4.79 Å². The number of hydrogen-bond acceptors (Lipinski definition) is 3. The molecule has 0 bridgehead atoms. The molecule has 0 aliphatic carbocycles. The van der Waals surface area contributed by atoms with Gasteiger partial charge in [0.2, 0.25) is 5.91 Å². The Morgan fingerprint density at radius 3 is 2.45 bits per heavy atom. The van der Waals surface area contributed by atoms with E-state index < -0.39 is 0 Å². The first kappa shape index (κ1) is 19.5. The van der Waals surface area contributed by atoms with E-state index in [4.69, 9.17) is 0 Å². The van der Waals surface area contributed by atoms with Crippen molar-refractivity contribution in [2.75, 3.05) is 31.5 Å². The highest BCUT2D eigenvalue weighted by Crippen LogP contribution is 2.26. The lowest BCUT2D eigenvalue weighted by molar-refractivity contribution is -0.131. The number of aryl methyl sites for hydroxylation is 2. The highest BCUT2D eigenvalue weighted by molar-refractivity contribution is 7.17. The Kier molecular flexibility index (Phi) is 5.53. The molecular weight excluding hydrogens is 382 g/mol. The summed E-state index contributed by atoms with van der Waals surface area (Å²) in [6.07, 6.45) is 0.416. The molecule has 1 saturated heterocycles. The molecule has 6 heteroatoms. The van der Waals surface area contributed by atoms with Gasteiger partial charge >= 0.3 is 6.03 Å². The molecule has 0 saturated carbocycles. The first-order valence-electron chi connectivity index (χ1n) is 9.87. The Bertz CT molecular complexity index is 1050. The van der Waals surface area contributed by atoms with E-state index in [0.29, 0.717) is 32.6 Å². The Balaban J connectivity index is 1.32. The molecular formula is C23H25N3O2S. The van der Waals surface area contributed by atoms with E-state index in [1.54, 1.807) is 16.2 Å². The number of amides is 3. The third-order valence-corrected chi connectivity index (χ3v) is 6.59. The van der Waals surface area contributed by atoms with Crippen LogP contribution in [-0.4, -0.2) is 47.9 Å². The number of piperazine rings is 1. The second-order valence-corrected chi connectivity index (χ2v) is 8.44. The summed E-state index contributed by atoms with van der Waals surface area (Å²) < 4.78 is 1.21. The quantitative estimate of drug-likeness (QED) is 0.698. The zero-order chi connectivity index (χ0) is 20.4. The molecule has 1 N–H and O–H groups in total. The van der Waals surface area contributed by atoms with E-state index in [1.165, 1.54) is 10.3 Å². The summed E-state index contributed by atoms with van der Waals surface area (Å²) in [5.41, 5.74) is 4.25. The van der Waals surface area contributed by atoms with Crippen molar-refractivity contribution in [3.63, 3.8) is 0 Å². The molecule has 1 aliphatic rings. The van der Waals surface area contributed by atoms with Gasteiger partial charge < -0.3 is 15.1 Å². The molecule has 0 unspecified atom stereocenters. The number of carbonyl (C=O) groups excluding carboxylic acids is 2. The fourth-order valence-electron chi connectivity index (χ4n) is 3.63. The molecule has 0 radical (unpaired) electrons. The minimum Gasteiger partial charge on any atom is -0.339 e. The lowest BCUT2D eigenvalue weighted by Crippen LogP contribution is -2.52. The summed E-state index contributed by atoms with van der Waals surface area (Å²) in [5, 5.41) is 6.21. The number of fused-ring (bicyclic) bond motifs is 1. The summed E-state index contributed by atoms with van der Waals surface area (Å²) in [7, 11) is 0. The largest absolute Gasteiger partial charge is 0.339 e. The Morgan fingerprint density at radius 1 is 0.966 bits per heavy atom. The average Bonchev–Trinajstić information content (AvgIpc) is 3.14. The van der Waals surface area contributed by atoms with E-state index >= 15 is 0 Å². The number of nitrogens with zero attached hydrogens (tertiary/aromatic N) is 2. The summed E-state index contributed by atoms with van der Waals surface area (Å²) in [5.74, 6) is 0.128. The fourth-order valence-corrected chi connectivity index (χ4v) is 4.59. The number of nitrogens with one attached hydrogen (secondary N) is 1.